The van der Waals surface area contributed by atoms with Gasteiger partial charge in [0.05, 0.1) is 14.2 Å². The molecule has 0 fully saturated rings. The molecule has 2 aromatic heterocycles. The van der Waals surface area contributed by atoms with Crippen molar-refractivity contribution in [1.29, 1.82) is 0 Å². The van der Waals surface area contributed by atoms with E-state index in [9.17, 15) is 4.79 Å². The van der Waals surface area contributed by atoms with Gasteiger partial charge in [-0.25, -0.2) is 9.36 Å². The Morgan fingerprint density at radius 1 is 1.18 bits per heavy atom. The second-order valence-electron chi connectivity index (χ2n) is 6.10. The molecule has 1 aromatic carbocycles. The molecular formula is C19H23N5O3S. The summed E-state index contributed by atoms with van der Waals surface area (Å²) in [5, 5.41) is 7.39. The first-order valence-electron chi connectivity index (χ1n) is 8.91. The van der Waals surface area contributed by atoms with Gasteiger partial charge in [-0.3, -0.25) is 9.47 Å². The van der Waals surface area contributed by atoms with Gasteiger partial charge in [0.15, 0.2) is 17.3 Å². The van der Waals surface area contributed by atoms with E-state index < -0.39 is 0 Å². The Balaban J connectivity index is 1.81. The molecule has 0 atom stereocenters. The molecule has 0 radical (unpaired) electrons. The van der Waals surface area contributed by atoms with E-state index in [1.165, 1.54) is 4.68 Å². The largest absolute Gasteiger partial charge is 0.493 e. The fourth-order valence-electron chi connectivity index (χ4n) is 2.87. The van der Waals surface area contributed by atoms with Crippen LogP contribution in [0.5, 0.6) is 11.5 Å². The van der Waals surface area contributed by atoms with Crippen molar-refractivity contribution < 1.29 is 14.3 Å². The summed E-state index contributed by atoms with van der Waals surface area (Å²) in [6.45, 7) is 2.09. The van der Waals surface area contributed by atoms with Gasteiger partial charge in [-0.1, -0.05) is 6.92 Å². The summed E-state index contributed by atoms with van der Waals surface area (Å²) >= 11 is 5.56. The number of anilines is 1. The maximum Gasteiger partial charge on any atom is 0.246 e. The van der Waals surface area contributed by atoms with E-state index in [-0.39, 0.29) is 12.5 Å². The van der Waals surface area contributed by atoms with Crippen LogP contribution in [0.1, 0.15) is 19.2 Å². The van der Waals surface area contributed by atoms with Crippen molar-refractivity contribution in [2.45, 2.75) is 26.3 Å². The first-order valence-corrected chi connectivity index (χ1v) is 9.32. The number of amides is 1. The number of benzene rings is 1. The minimum atomic E-state index is -0.233. The zero-order valence-corrected chi connectivity index (χ0v) is 16.9. The summed E-state index contributed by atoms with van der Waals surface area (Å²) in [6, 6.07) is 9.02. The van der Waals surface area contributed by atoms with Crippen LogP contribution in [-0.4, -0.2) is 39.3 Å². The van der Waals surface area contributed by atoms with E-state index >= 15 is 0 Å². The number of hydrogen-bond donors (Lipinski definition) is 1. The number of carbonyl (C=O) groups excluding carboxylic acids is 1. The SMILES string of the molecule is CCCc1nn(CC(=O)Nc2ccc(OC)c(OC)c2)c(=S)n1-n1cccc1. The molecule has 1 amide bonds. The summed E-state index contributed by atoms with van der Waals surface area (Å²) in [5.41, 5.74) is 0.604. The molecule has 0 aliphatic heterocycles. The molecule has 0 saturated heterocycles. The molecule has 0 saturated carbocycles. The highest BCUT2D eigenvalue weighted by atomic mass is 32.1. The van der Waals surface area contributed by atoms with Gasteiger partial charge in [-0.2, -0.15) is 5.10 Å². The standard InChI is InChI=1S/C19H23N5O3S/c1-4-7-17-21-23(19(28)24(17)22-10-5-6-11-22)13-18(25)20-14-8-9-15(26-2)16(12-14)27-3/h5-6,8-12H,4,7,13H2,1-3H3,(H,20,25). The van der Waals surface area contributed by atoms with Crippen LogP contribution in [0.25, 0.3) is 0 Å². The van der Waals surface area contributed by atoms with E-state index in [1.54, 1.807) is 32.4 Å². The lowest BCUT2D eigenvalue weighted by molar-refractivity contribution is -0.116. The fourth-order valence-corrected chi connectivity index (χ4v) is 3.17. The van der Waals surface area contributed by atoms with Crippen molar-refractivity contribution in [3.63, 3.8) is 0 Å². The van der Waals surface area contributed by atoms with Gasteiger partial charge in [0, 0.05) is 30.6 Å². The zero-order chi connectivity index (χ0) is 20.1. The van der Waals surface area contributed by atoms with Crippen LogP contribution in [-0.2, 0) is 17.8 Å². The number of aryl methyl sites for hydroxylation is 1. The normalized spacial score (nSPS) is 10.7. The monoisotopic (exact) mass is 401 g/mol. The van der Waals surface area contributed by atoms with Crippen molar-refractivity contribution in [3.05, 3.63) is 53.3 Å². The molecule has 28 heavy (non-hydrogen) atoms. The molecule has 8 nitrogen and oxygen atoms in total. The molecule has 3 aromatic rings. The molecule has 0 unspecified atom stereocenters. The average Bonchev–Trinajstić information content (AvgIpc) is 3.30. The highest BCUT2D eigenvalue weighted by Gasteiger charge is 2.14. The summed E-state index contributed by atoms with van der Waals surface area (Å²) in [5.74, 6) is 1.71. The van der Waals surface area contributed by atoms with Crippen LogP contribution in [0, 0.1) is 4.77 Å². The van der Waals surface area contributed by atoms with E-state index in [4.69, 9.17) is 21.7 Å². The molecule has 0 aliphatic rings. The minimum absolute atomic E-state index is 0.0121. The number of nitrogens with one attached hydrogen (secondary N) is 1. The molecule has 0 bridgehead atoms. The Kier molecular flexibility index (Phi) is 6.15. The number of ether oxygens (including phenoxy) is 2. The van der Waals surface area contributed by atoms with Crippen LogP contribution in [0.15, 0.2) is 42.7 Å². The molecule has 2 heterocycles. The van der Waals surface area contributed by atoms with Gasteiger partial charge in [0.2, 0.25) is 10.7 Å². The van der Waals surface area contributed by atoms with Crippen LogP contribution in [0.2, 0.25) is 0 Å². The van der Waals surface area contributed by atoms with Gasteiger partial charge in [-0.05, 0) is 42.9 Å². The van der Waals surface area contributed by atoms with E-state index in [2.05, 4.69) is 17.3 Å². The van der Waals surface area contributed by atoms with Gasteiger partial charge in [-0.15, -0.1) is 0 Å². The number of carbonyl (C=O) groups is 1. The number of aromatic nitrogens is 4. The summed E-state index contributed by atoms with van der Waals surface area (Å²) in [6.07, 6.45) is 5.46. The Morgan fingerprint density at radius 2 is 1.89 bits per heavy atom. The van der Waals surface area contributed by atoms with E-state index in [1.807, 2.05) is 33.9 Å². The third-order valence-electron chi connectivity index (χ3n) is 4.14. The topological polar surface area (TPSA) is 75.2 Å². The minimum Gasteiger partial charge on any atom is -0.493 e. The van der Waals surface area contributed by atoms with Crippen LogP contribution in [0.3, 0.4) is 0 Å². The van der Waals surface area contributed by atoms with E-state index in [0.29, 0.717) is 22.0 Å². The smallest absolute Gasteiger partial charge is 0.246 e. The maximum atomic E-state index is 12.5. The van der Waals surface area contributed by atoms with Crippen molar-refractivity contribution in [1.82, 2.24) is 19.1 Å². The van der Waals surface area contributed by atoms with Crippen LogP contribution < -0.4 is 14.8 Å². The summed E-state index contributed by atoms with van der Waals surface area (Å²) in [7, 11) is 3.11. The van der Waals surface area contributed by atoms with Gasteiger partial charge < -0.3 is 14.8 Å². The highest BCUT2D eigenvalue weighted by molar-refractivity contribution is 7.71. The van der Waals surface area contributed by atoms with E-state index in [0.717, 1.165) is 18.7 Å². The molecule has 148 valence electrons. The van der Waals surface area contributed by atoms with Crippen LogP contribution >= 0.6 is 12.2 Å². The molecule has 0 spiro atoms. The first kappa shape index (κ1) is 19.7. The molecule has 0 aliphatic carbocycles. The number of nitrogens with zero attached hydrogens (tertiary/aromatic N) is 4. The third-order valence-corrected chi connectivity index (χ3v) is 4.52. The average molecular weight is 401 g/mol. The summed E-state index contributed by atoms with van der Waals surface area (Å²) in [4.78, 5) is 12.5. The van der Waals surface area contributed by atoms with Gasteiger partial charge in [0.25, 0.3) is 0 Å². The Labute approximate surface area is 168 Å². The predicted octanol–water partition coefficient (Wildman–Crippen LogP) is 3.14. The zero-order valence-electron chi connectivity index (χ0n) is 16.1. The molecule has 1 N–H and O–H groups in total. The van der Waals surface area contributed by atoms with Gasteiger partial charge in [0.1, 0.15) is 6.54 Å². The lowest BCUT2D eigenvalue weighted by Crippen LogP contribution is -2.20. The van der Waals surface area contributed by atoms with Crippen LogP contribution in [0.4, 0.5) is 5.69 Å². The Morgan fingerprint density at radius 3 is 2.54 bits per heavy atom. The lowest BCUT2D eigenvalue weighted by atomic mass is 10.2. The van der Waals surface area contributed by atoms with Crippen molar-refractivity contribution >= 4 is 23.8 Å². The Bertz CT molecular complexity index is 1010. The van der Waals surface area contributed by atoms with Crippen molar-refractivity contribution in [2.75, 3.05) is 19.5 Å². The number of hydrogen-bond acceptors (Lipinski definition) is 5. The quantitative estimate of drug-likeness (QED) is 0.587. The number of rotatable bonds is 8. The lowest BCUT2D eigenvalue weighted by Gasteiger charge is -2.10. The molecule has 3 rings (SSSR count). The predicted molar refractivity (Wildman–Crippen MR) is 108 cm³/mol. The molecular weight excluding hydrogens is 378 g/mol. The van der Waals surface area contributed by atoms with Crippen molar-refractivity contribution in [3.8, 4) is 11.5 Å². The van der Waals surface area contributed by atoms with Crippen molar-refractivity contribution in [2.24, 2.45) is 0 Å². The fraction of sp³-hybridized carbons (Fsp3) is 0.316. The highest BCUT2D eigenvalue weighted by Crippen LogP contribution is 2.29. The molecule has 9 heteroatoms. The second kappa shape index (κ2) is 8.75. The maximum absolute atomic E-state index is 12.5. The van der Waals surface area contributed by atoms with Gasteiger partial charge >= 0.3 is 0 Å². The third kappa shape index (κ3) is 4.09. The Hall–Kier alpha value is -3.07. The summed E-state index contributed by atoms with van der Waals surface area (Å²) < 4.78 is 16.2. The first-order chi connectivity index (χ1) is 13.6. The number of methoxy groups -OCH3 is 2. The second-order valence-corrected chi connectivity index (χ2v) is 6.46.